The van der Waals surface area contributed by atoms with Crippen LogP contribution in [0.25, 0.3) is 0 Å². The fourth-order valence-corrected chi connectivity index (χ4v) is 1.27. The van der Waals surface area contributed by atoms with Crippen molar-refractivity contribution in [3.63, 3.8) is 0 Å². The number of nitrogens with one attached hydrogen (secondary N) is 1. The van der Waals surface area contributed by atoms with Gasteiger partial charge in [-0.15, -0.1) is 0 Å². The number of aromatic nitrogens is 1. The normalized spacial score (nSPS) is 11.8. The molecule has 1 heterocycles. The number of rotatable bonds is 6. The molecule has 0 aliphatic rings. The first-order valence-corrected chi connectivity index (χ1v) is 5.24. The van der Waals surface area contributed by atoms with Crippen molar-refractivity contribution in [1.82, 2.24) is 10.3 Å². The molecule has 0 saturated heterocycles. The molecule has 6 nitrogen and oxygen atoms in total. The van der Waals surface area contributed by atoms with E-state index in [0.29, 0.717) is 13.0 Å². The van der Waals surface area contributed by atoms with Crippen molar-refractivity contribution in [1.29, 1.82) is 0 Å². The fraction of sp³-hybridized carbons (Fsp3) is 0.364. The van der Waals surface area contributed by atoms with Gasteiger partial charge in [0, 0.05) is 24.9 Å². The van der Waals surface area contributed by atoms with Crippen molar-refractivity contribution in [3.8, 4) is 0 Å². The third-order valence-corrected chi connectivity index (χ3v) is 2.14. The number of aliphatic carboxylic acids is 1. The maximum Gasteiger partial charge on any atom is 0.305 e. The Bertz CT molecular complexity index is 381. The van der Waals surface area contributed by atoms with Gasteiger partial charge < -0.3 is 16.2 Å². The van der Waals surface area contributed by atoms with Gasteiger partial charge in [-0.3, -0.25) is 14.6 Å². The van der Waals surface area contributed by atoms with Crippen molar-refractivity contribution >= 4 is 11.9 Å². The first kappa shape index (κ1) is 13.1. The molecule has 0 aliphatic heterocycles. The first-order valence-electron chi connectivity index (χ1n) is 5.24. The number of amides is 1. The number of carboxylic acid groups (broad SMARTS) is 1. The average Bonchev–Trinajstić information content (AvgIpc) is 2.29. The maximum atomic E-state index is 11.3. The molecule has 1 amide bonds. The van der Waals surface area contributed by atoms with Crippen LogP contribution in [0.5, 0.6) is 0 Å². The molecule has 6 heteroatoms. The summed E-state index contributed by atoms with van der Waals surface area (Å²) < 4.78 is 0. The van der Waals surface area contributed by atoms with E-state index in [0.717, 1.165) is 5.69 Å². The topological polar surface area (TPSA) is 105 Å². The molecule has 0 bridgehead atoms. The zero-order valence-electron chi connectivity index (χ0n) is 9.30. The van der Waals surface area contributed by atoms with Crippen LogP contribution >= 0.6 is 0 Å². The van der Waals surface area contributed by atoms with Crippen molar-refractivity contribution in [3.05, 3.63) is 30.1 Å². The van der Waals surface area contributed by atoms with Crippen LogP contribution in [-0.2, 0) is 16.0 Å². The summed E-state index contributed by atoms with van der Waals surface area (Å²) in [4.78, 5) is 25.8. The van der Waals surface area contributed by atoms with Gasteiger partial charge >= 0.3 is 5.97 Å². The molecule has 1 atom stereocenters. The summed E-state index contributed by atoms with van der Waals surface area (Å²) in [6.07, 6.45) is 1.90. The Balaban J connectivity index is 2.27. The van der Waals surface area contributed by atoms with E-state index in [2.05, 4.69) is 10.3 Å². The quantitative estimate of drug-likeness (QED) is 0.621. The highest BCUT2D eigenvalue weighted by molar-refractivity contribution is 5.85. The van der Waals surface area contributed by atoms with E-state index in [4.69, 9.17) is 10.8 Å². The zero-order valence-corrected chi connectivity index (χ0v) is 9.30. The molecule has 0 radical (unpaired) electrons. The van der Waals surface area contributed by atoms with Crippen LogP contribution in [0.2, 0.25) is 0 Å². The van der Waals surface area contributed by atoms with E-state index in [1.807, 2.05) is 18.2 Å². The molecule has 1 aromatic heterocycles. The lowest BCUT2D eigenvalue weighted by Gasteiger charge is -2.09. The van der Waals surface area contributed by atoms with E-state index < -0.39 is 17.9 Å². The van der Waals surface area contributed by atoms with Crippen LogP contribution in [0.4, 0.5) is 0 Å². The molecule has 4 N–H and O–H groups in total. The highest BCUT2D eigenvalue weighted by atomic mass is 16.4. The third-order valence-electron chi connectivity index (χ3n) is 2.14. The van der Waals surface area contributed by atoms with E-state index >= 15 is 0 Å². The molecule has 0 fully saturated rings. The van der Waals surface area contributed by atoms with E-state index in [9.17, 15) is 9.59 Å². The highest BCUT2D eigenvalue weighted by Crippen LogP contribution is 1.94. The van der Waals surface area contributed by atoms with Crippen LogP contribution in [0.3, 0.4) is 0 Å². The maximum absolute atomic E-state index is 11.3. The summed E-state index contributed by atoms with van der Waals surface area (Å²) >= 11 is 0. The van der Waals surface area contributed by atoms with Crippen LogP contribution in [0.1, 0.15) is 12.1 Å². The Morgan fingerprint density at radius 2 is 2.24 bits per heavy atom. The molecule has 0 aliphatic carbocycles. The van der Waals surface area contributed by atoms with Crippen LogP contribution < -0.4 is 11.1 Å². The summed E-state index contributed by atoms with van der Waals surface area (Å²) in [5.41, 5.74) is 6.25. The summed E-state index contributed by atoms with van der Waals surface area (Å²) in [6.45, 7) is 0.392. The second-order valence-corrected chi connectivity index (χ2v) is 3.57. The van der Waals surface area contributed by atoms with Gasteiger partial charge in [-0.2, -0.15) is 0 Å². The number of pyridine rings is 1. The molecule has 0 aromatic carbocycles. The summed E-state index contributed by atoms with van der Waals surface area (Å²) in [7, 11) is 0. The van der Waals surface area contributed by atoms with Gasteiger partial charge in [-0.1, -0.05) is 6.07 Å². The van der Waals surface area contributed by atoms with E-state index in [1.165, 1.54) is 0 Å². The minimum atomic E-state index is -1.09. The minimum Gasteiger partial charge on any atom is -0.481 e. The minimum absolute atomic E-state index is 0.366. The molecule has 1 rings (SSSR count). The number of carbonyl (C=O) groups is 2. The number of carboxylic acids is 1. The molecule has 92 valence electrons. The van der Waals surface area contributed by atoms with Gasteiger partial charge in [0.25, 0.3) is 0 Å². The summed E-state index contributed by atoms with van der Waals surface area (Å²) in [5, 5.41) is 11.0. The Morgan fingerprint density at radius 1 is 1.47 bits per heavy atom. The predicted molar refractivity (Wildman–Crippen MR) is 61.2 cm³/mol. The Labute approximate surface area is 98.8 Å². The molecular formula is C11H15N3O3. The second-order valence-electron chi connectivity index (χ2n) is 3.57. The lowest BCUT2D eigenvalue weighted by Crippen LogP contribution is -2.42. The Kier molecular flexibility index (Phi) is 5.09. The lowest BCUT2D eigenvalue weighted by molar-refractivity contribution is -0.139. The lowest BCUT2D eigenvalue weighted by atomic mass is 10.2. The van der Waals surface area contributed by atoms with Crippen LogP contribution in [0.15, 0.2) is 24.4 Å². The standard InChI is InChI=1S/C11H15N3O3/c12-9(7-10(15)16)11(17)14-6-4-8-3-1-2-5-13-8/h1-3,5,9H,4,6-7,12H2,(H,14,17)(H,15,16). The fourth-order valence-electron chi connectivity index (χ4n) is 1.27. The average molecular weight is 237 g/mol. The molecule has 1 aromatic rings. The van der Waals surface area contributed by atoms with Gasteiger partial charge in [0.1, 0.15) is 0 Å². The predicted octanol–water partition coefficient (Wildman–Crippen LogP) is -0.458. The van der Waals surface area contributed by atoms with Crippen LogP contribution in [0, 0.1) is 0 Å². The smallest absolute Gasteiger partial charge is 0.305 e. The Hall–Kier alpha value is -1.95. The van der Waals surface area contributed by atoms with Gasteiger partial charge in [0.2, 0.25) is 5.91 Å². The van der Waals surface area contributed by atoms with Gasteiger partial charge in [-0.05, 0) is 12.1 Å². The van der Waals surface area contributed by atoms with E-state index in [-0.39, 0.29) is 6.42 Å². The Morgan fingerprint density at radius 3 is 2.82 bits per heavy atom. The molecular weight excluding hydrogens is 222 g/mol. The monoisotopic (exact) mass is 237 g/mol. The van der Waals surface area contributed by atoms with Crippen LogP contribution in [-0.4, -0.2) is 34.6 Å². The third kappa shape index (κ3) is 5.07. The highest BCUT2D eigenvalue weighted by Gasteiger charge is 2.16. The number of carbonyl (C=O) groups excluding carboxylic acids is 1. The number of nitrogens with two attached hydrogens (primary N) is 1. The van der Waals surface area contributed by atoms with Crippen molar-refractivity contribution < 1.29 is 14.7 Å². The molecule has 17 heavy (non-hydrogen) atoms. The van der Waals surface area contributed by atoms with Crippen molar-refractivity contribution in [2.45, 2.75) is 18.9 Å². The largest absolute Gasteiger partial charge is 0.481 e. The first-order chi connectivity index (χ1) is 8.09. The SMILES string of the molecule is NC(CC(=O)O)C(=O)NCCc1ccccn1. The van der Waals surface area contributed by atoms with E-state index in [1.54, 1.807) is 6.20 Å². The second kappa shape index (κ2) is 6.59. The van der Waals surface area contributed by atoms with Crippen molar-refractivity contribution in [2.75, 3.05) is 6.54 Å². The summed E-state index contributed by atoms with van der Waals surface area (Å²) in [6, 6.07) is 4.52. The van der Waals surface area contributed by atoms with Gasteiger partial charge in [-0.25, -0.2) is 0 Å². The molecule has 0 spiro atoms. The van der Waals surface area contributed by atoms with Crippen molar-refractivity contribution in [2.24, 2.45) is 5.73 Å². The zero-order chi connectivity index (χ0) is 12.7. The molecule has 1 unspecified atom stereocenters. The van der Waals surface area contributed by atoms with Gasteiger partial charge in [0.15, 0.2) is 0 Å². The number of hydrogen-bond acceptors (Lipinski definition) is 4. The number of hydrogen-bond donors (Lipinski definition) is 3. The molecule has 0 saturated carbocycles. The van der Waals surface area contributed by atoms with Gasteiger partial charge in [0.05, 0.1) is 12.5 Å². The summed E-state index contributed by atoms with van der Waals surface area (Å²) in [5.74, 6) is -1.54. The number of nitrogens with zero attached hydrogens (tertiary/aromatic N) is 1.